The second-order valence-electron chi connectivity index (χ2n) is 5.12. The minimum atomic E-state index is -0.304. The van der Waals surface area contributed by atoms with Crippen LogP contribution in [-0.4, -0.2) is 46.6 Å². The molecule has 0 atom stereocenters. The van der Waals surface area contributed by atoms with E-state index in [9.17, 15) is 9.59 Å². The number of nitrogens with one attached hydrogen (secondary N) is 1. The number of aromatic nitrogens is 2. The number of carbonyl (C=O) groups excluding carboxylic acids is 2. The second kappa shape index (κ2) is 6.93. The molecular formula is C13H23N5O2. The molecule has 0 unspecified atom stereocenters. The van der Waals surface area contributed by atoms with Crippen LogP contribution >= 0.6 is 0 Å². The van der Waals surface area contributed by atoms with Gasteiger partial charge in [0.25, 0.3) is 5.91 Å². The van der Waals surface area contributed by atoms with Crippen molar-refractivity contribution in [1.29, 1.82) is 0 Å². The maximum atomic E-state index is 12.3. The molecule has 7 nitrogen and oxygen atoms in total. The number of nitrogens with zero attached hydrogens (tertiary/aromatic N) is 3. The van der Waals surface area contributed by atoms with Gasteiger partial charge in [-0.3, -0.25) is 14.3 Å². The van der Waals surface area contributed by atoms with Gasteiger partial charge in [0.15, 0.2) is 0 Å². The minimum Gasteiger partial charge on any atom is -0.396 e. The predicted molar refractivity (Wildman–Crippen MR) is 77.1 cm³/mol. The van der Waals surface area contributed by atoms with Crippen LogP contribution in [0.3, 0.4) is 0 Å². The molecule has 0 aliphatic heterocycles. The molecule has 0 saturated carbocycles. The fraction of sp³-hybridized carbons (Fsp3) is 0.615. The van der Waals surface area contributed by atoms with Crippen molar-refractivity contribution in [3.8, 4) is 0 Å². The fourth-order valence-electron chi connectivity index (χ4n) is 1.72. The Morgan fingerprint density at radius 3 is 2.70 bits per heavy atom. The Kier molecular flexibility index (Phi) is 5.54. The number of nitrogens with two attached hydrogens (primary N) is 1. The van der Waals surface area contributed by atoms with Gasteiger partial charge in [0.2, 0.25) is 5.91 Å². The van der Waals surface area contributed by atoms with Crippen molar-refractivity contribution >= 4 is 17.5 Å². The summed E-state index contributed by atoms with van der Waals surface area (Å²) in [6.07, 6.45) is 1.45. The van der Waals surface area contributed by atoms with Crippen LogP contribution in [-0.2, 0) is 11.3 Å². The molecule has 20 heavy (non-hydrogen) atoms. The molecule has 1 heterocycles. The van der Waals surface area contributed by atoms with Gasteiger partial charge in [0.05, 0.1) is 18.4 Å². The van der Waals surface area contributed by atoms with Crippen LogP contribution in [0.5, 0.6) is 0 Å². The Bertz CT molecular complexity index is 481. The van der Waals surface area contributed by atoms with E-state index in [1.54, 1.807) is 7.05 Å². The lowest BCUT2D eigenvalue weighted by Crippen LogP contribution is -2.40. The topological polar surface area (TPSA) is 93.2 Å². The number of likely N-dealkylation sites (N-methyl/N-ethyl adjacent to an activating group) is 1. The molecule has 0 saturated heterocycles. The van der Waals surface area contributed by atoms with Crippen LogP contribution in [0, 0.1) is 5.92 Å². The summed E-state index contributed by atoms with van der Waals surface area (Å²) >= 11 is 0. The van der Waals surface area contributed by atoms with Crippen molar-refractivity contribution in [2.75, 3.05) is 25.9 Å². The van der Waals surface area contributed by atoms with Crippen molar-refractivity contribution in [2.45, 2.75) is 27.3 Å². The van der Waals surface area contributed by atoms with E-state index in [4.69, 9.17) is 5.73 Å². The Hall–Kier alpha value is -2.05. The standard InChI is InChI=1S/C13H23N5O2/c1-5-18-12(10(14)7-16-18)13(20)17(4)8-11(19)15-6-9(2)3/h7,9H,5-6,8,14H2,1-4H3,(H,15,19). The Morgan fingerprint density at radius 1 is 1.50 bits per heavy atom. The Morgan fingerprint density at radius 2 is 2.15 bits per heavy atom. The largest absolute Gasteiger partial charge is 0.396 e. The summed E-state index contributed by atoms with van der Waals surface area (Å²) in [6, 6.07) is 0. The molecule has 0 aliphatic carbocycles. The van der Waals surface area contributed by atoms with Crippen LogP contribution in [0.1, 0.15) is 31.3 Å². The maximum absolute atomic E-state index is 12.3. The Labute approximate surface area is 119 Å². The van der Waals surface area contributed by atoms with E-state index in [1.807, 2.05) is 20.8 Å². The summed E-state index contributed by atoms with van der Waals surface area (Å²) in [6.45, 7) is 7.03. The predicted octanol–water partition coefficient (Wildman–Crippen LogP) is 0.329. The van der Waals surface area contributed by atoms with Crippen molar-refractivity contribution in [1.82, 2.24) is 20.0 Å². The van der Waals surface area contributed by atoms with Crippen LogP contribution in [0.2, 0.25) is 0 Å². The highest BCUT2D eigenvalue weighted by molar-refractivity contribution is 5.98. The molecule has 0 bridgehead atoms. The molecule has 7 heteroatoms. The van der Waals surface area contributed by atoms with Gasteiger partial charge in [-0.2, -0.15) is 5.10 Å². The van der Waals surface area contributed by atoms with E-state index >= 15 is 0 Å². The summed E-state index contributed by atoms with van der Waals surface area (Å²) in [7, 11) is 1.57. The van der Waals surface area contributed by atoms with E-state index in [0.29, 0.717) is 30.4 Å². The summed E-state index contributed by atoms with van der Waals surface area (Å²) in [5.74, 6) is -0.116. The number of nitrogen functional groups attached to an aromatic ring is 1. The average Bonchev–Trinajstić information content (AvgIpc) is 2.76. The highest BCUT2D eigenvalue weighted by Gasteiger charge is 2.21. The van der Waals surface area contributed by atoms with Crippen molar-refractivity contribution in [3.63, 3.8) is 0 Å². The highest BCUT2D eigenvalue weighted by Crippen LogP contribution is 2.12. The van der Waals surface area contributed by atoms with E-state index in [1.165, 1.54) is 15.8 Å². The summed E-state index contributed by atoms with van der Waals surface area (Å²) < 4.78 is 1.53. The van der Waals surface area contributed by atoms with Crippen molar-refractivity contribution in [2.24, 2.45) is 5.92 Å². The smallest absolute Gasteiger partial charge is 0.274 e. The number of rotatable bonds is 6. The van der Waals surface area contributed by atoms with E-state index in [-0.39, 0.29) is 18.4 Å². The van der Waals surface area contributed by atoms with Gasteiger partial charge in [-0.1, -0.05) is 13.8 Å². The molecule has 3 N–H and O–H groups in total. The van der Waals surface area contributed by atoms with Crippen LogP contribution in [0.15, 0.2) is 6.20 Å². The zero-order valence-electron chi connectivity index (χ0n) is 12.5. The van der Waals surface area contributed by atoms with Gasteiger partial charge < -0.3 is 16.0 Å². The summed E-state index contributed by atoms with van der Waals surface area (Å²) in [5, 5.41) is 6.79. The zero-order valence-corrected chi connectivity index (χ0v) is 12.5. The third kappa shape index (κ3) is 3.97. The molecule has 112 valence electrons. The molecule has 1 aromatic rings. The molecule has 0 spiro atoms. The number of carbonyl (C=O) groups is 2. The minimum absolute atomic E-state index is 0.000111. The number of anilines is 1. The number of hydrogen-bond donors (Lipinski definition) is 2. The average molecular weight is 281 g/mol. The van der Waals surface area contributed by atoms with Gasteiger partial charge in [-0.25, -0.2) is 0 Å². The van der Waals surface area contributed by atoms with Gasteiger partial charge in [0, 0.05) is 20.1 Å². The molecule has 0 aliphatic rings. The number of hydrogen-bond acceptors (Lipinski definition) is 4. The molecular weight excluding hydrogens is 258 g/mol. The van der Waals surface area contributed by atoms with E-state index in [2.05, 4.69) is 10.4 Å². The first-order chi connectivity index (χ1) is 9.36. The van der Waals surface area contributed by atoms with E-state index in [0.717, 1.165) is 0 Å². The van der Waals surface area contributed by atoms with Gasteiger partial charge in [0.1, 0.15) is 5.69 Å². The maximum Gasteiger partial charge on any atom is 0.274 e. The highest BCUT2D eigenvalue weighted by atomic mass is 16.2. The normalized spacial score (nSPS) is 10.7. The third-order valence-corrected chi connectivity index (χ3v) is 2.80. The van der Waals surface area contributed by atoms with Gasteiger partial charge in [-0.15, -0.1) is 0 Å². The lowest BCUT2D eigenvalue weighted by Gasteiger charge is -2.18. The van der Waals surface area contributed by atoms with Gasteiger partial charge >= 0.3 is 0 Å². The van der Waals surface area contributed by atoms with E-state index < -0.39 is 0 Å². The molecule has 2 amide bonds. The molecule has 0 aromatic carbocycles. The zero-order chi connectivity index (χ0) is 15.3. The molecule has 1 aromatic heterocycles. The second-order valence-corrected chi connectivity index (χ2v) is 5.12. The third-order valence-electron chi connectivity index (χ3n) is 2.80. The number of amides is 2. The lowest BCUT2D eigenvalue weighted by molar-refractivity contribution is -0.121. The fourth-order valence-corrected chi connectivity index (χ4v) is 1.72. The first kappa shape index (κ1) is 16.0. The Balaban J connectivity index is 2.67. The number of aryl methyl sites for hydroxylation is 1. The SMILES string of the molecule is CCn1ncc(N)c1C(=O)N(C)CC(=O)NCC(C)C. The molecule has 0 radical (unpaired) electrons. The van der Waals surface area contributed by atoms with Crippen LogP contribution in [0.25, 0.3) is 0 Å². The van der Waals surface area contributed by atoms with Crippen molar-refractivity contribution in [3.05, 3.63) is 11.9 Å². The lowest BCUT2D eigenvalue weighted by atomic mass is 10.2. The van der Waals surface area contributed by atoms with Crippen molar-refractivity contribution < 1.29 is 9.59 Å². The first-order valence-electron chi connectivity index (χ1n) is 6.70. The summed E-state index contributed by atoms with van der Waals surface area (Å²) in [5.41, 5.74) is 6.40. The monoisotopic (exact) mass is 281 g/mol. The summed E-state index contributed by atoms with van der Waals surface area (Å²) in [4.78, 5) is 25.3. The van der Waals surface area contributed by atoms with Gasteiger partial charge in [-0.05, 0) is 12.8 Å². The van der Waals surface area contributed by atoms with Crippen LogP contribution in [0.4, 0.5) is 5.69 Å². The first-order valence-corrected chi connectivity index (χ1v) is 6.70. The molecule has 0 fully saturated rings. The molecule has 1 rings (SSSR count). The van der Waals surface area contributed by atoms with Crippen LogP contribution < -0.4 is 11.1 Å². The quantitative estimate of drug-likeness (QED) is 0.785.